The zero-order chi connectivity index (χ0) is 18.2. The van der Waals surface area contributed by atoms with Crippen LogP contribution in [0.2, 0.25) is 0 Å². The number of nitrogens with zero attached hydrogens (tertiary/aromatic N) is 2. The van der Waals surface area contributed by atoms with Crippen LogP contribution in [0.1, 0.15) is 28.9 Å². The maximum absolute atomic E-state index is 13.6. The number of hydrogen-bond donors (Lipinski definition) is 1. The summed E-state index contributed by atoms with van der Waals surface area (Å²) in [7, 11) is 0. The van der Waals surface area contributed by atoms with Gasteiger partial charge in [-0.1, -0.05) is 30.3 Å². The fraction of sp³-hybridized carbons (Fsp3) is 0.333. The Morgan fingerprint density at radius 3 is 2.62 bits per heavy atom. The molecule has 2 fully saturated rings. The normalized spacial score (nSPS) is 20.5. The molecule has 1 N–H and O–H groups in total. The second-order valence-electron chi connectivity index (χ2n) is 7.13. The molecule has 2 bridgehead atoms. The van der Waals surface area contributed by atoms with Gasteiger partial charge in [-0.3, -0.25) is 4.79 Å². The number of thiazole rings is 1. The molecule has 5 nitrogen and oxygen atoms in total. The maximum Gasteiger partial charge on any atom is 0.266 e. The van der Waals surface area contributed by atoms with Crippen molar-refractivity contribution in [1.82, 2.24) is 15.2 Å². The van der Waals surface area contributed by atoms with E-state index in [2.05, 4.69) is 10.2 Å². The average molecular weight is 452 g/mol. The molecule has 0 spiro atoms. The lowest BCUT2D eigenvalue weighted by Crippen LogP contribution is -2.42. The first-order valence-electron chi connectivity index (χ1n) is 9.45. The Morgan fingerprint density at radius 2 is 1.86 bits per heavy atom. The molecule has 0 radical (unpaired) electrons. The highest BCUT2D eigenvalue weighted by molar-refractivity contribution is 7.17. The number of nitrogens with one attached hydrogen (secondary N) is 1. The number of halogens is 2. The second kappa shape index (κ2) is 9.30. The molecule has 2 aliphatic rings. The van der Waals surface area contributed by atoms with E-state index < -0.39 is 0 Å². The van der Waals surface area contributed by atoms with E-state index in [1.807, 2.05) is 42.5 Å². The molecule has 0 aliphatic carbocycles. The van der Waals surface area contributed by atoms with Crippen LogP contribution in [-0.2, 0) is 0 Å². The van der Waals surface area contributed by atoms with E-state index in [0.717, 1.165) is 48.6 Å². The Bertz CT molecular complexity index is 932. The summed E-state index contributed by atoms with van der Waals surface area (Å²) in [5.41, 5.74) is 1.73. The van der Waals surface area contributed by atoms with Crippen LogP contribution in [-0.4, -0.2) is 41.0 Å². The minimum Gasteiger partial charge on any atom is -0.462 e. The Hall–Kier alpha value is -1.86. The number of carbonyl (C=O) groups excluding carboxylic acids is 1. The van der Waals surface area contributed by atoms with Crippen LogP contribution in [0.5, 0.6) is 0 Å². The quantitative estimate of drug-likeness (QED) is 0.616. The third-order valence-electron chi connectivity index (χ3n) is 5.49. The first-order valence-corrected chi connectivity index (χ1v) is 10.3. The highest BCUT2D eigenvalue weighted by Crippen LogP contribution is 2.38. The SMILES string of the molecule is Cl.Cl.O=C(c1sc(-c2ccco2)nc1-c1ccccc1)N1C2CCNCC1CC2. The monoisotopic (exact) mass is 451 g/mol. The van der Waals surface area contributed by atoms with E-state index in [1.54, 1.807) is 6.26 Å². The van der Waals surface area contributed by atoms with Crippen molar-refractivity contribution in [2.75, 3.05) is 13.1 Å². The van der Waals surface area contributed by atoms with Gasteiger partial charge in [0.25, 0.3) is 5.91 Å². The van der Waals surface area contributed by atoms with Crippen molar-refractivity contribution in [2.45, 2.75) is 31.3 Å². The van der Waals surface area contributed by atoms with Crippen LogP contribution >= 0.6 is 36.2 Å². The minimum absolute atomic E-state index is 0. The third kappa shape index (κ3) is 4.08. The van der Waals surface area contributed by atoms with Crippen LogP contribution in [0.3, 0.4) is 0 Å². The summed E-state index contributed by atoms with van der Waals surface area (Å²) >= 11 is 1.44. The Labute approximate surface area is 186 Å². The molecule has 4 heterocycles. The van der Waals surface area contributed by atoms with Gasteiger partial charge in [0.2, 0.25) is 0 Å². The Kier molecular flexibility index (Phi) is 7.01. The number of furan rings is 1. The largest absolute Gasteiger partial charge is 0.462 e. The van der Waals surface area contributed by atoms with Crippen molar-refractivity contribution in [3.05, 3.63) is 53.6 Å². The van der Waals surface area contributed by atoms with Crippen LogP contribution in [0.25, 0.3) is 22.0 Å². The van der Waals surface area contributed by atoms with Crippen molar-refractivity contribution >= 4 is 42.1 Å². The minimum atomic E-state index is 0. The van der Waals surface area contributed by atoms with Gasteiger partial charge in [0.1, 0.15) is 4.88 Å². The summed E-state index contributed by atoms with van der Waals surface area (Å²) in [6.07, 6.45) is 4.84. The van der Waals surface area contributed by atoms with Crippen molar-refractivity contribution in [3.63, 3.8) is 0 Å². The highest BCUT2D eigenvalue weighted by atomic mass is 35.5. The molecule has 2 unspecified atom stereocenters. The zero-order valence-corrected chi connectivity index (χ0v) is 18.2. The van der Waals surface area contributed by atoms with Crippen LogP contribution in [0.15, 0.2) is 53.1 Å². The van der Waals surface area contributed by atoms with Gasteiger partial charge in [-0.25, -0.2) is 4.98 Å². The molecule has 2 saturated heterocycles. The lowest BCUT2D eigenvalue weighted by Gasteiger charge is -2.27. The topological polar surface area (TPSA) is 58.4 Å². The Morgan fingerprint density at radius 1 is 1.07 bits per heavy atom. The number of carbonyl (C=O) groups is 1. The molecular formula is C21H23Cl2N3O2S. The van der Waals surface area contributed by atoms with Gasteiger partial charge >= 0.3 is 0 Å². The van der Waals surface area contributed by atoms with Gasteiger partial charge in [-0.05, 0) is 37.9 Å². The summed E-state index contributed by atoms with van der Waals surface area (Å²) in [6, 6.07) is 14.3. The number of fused-ring (bicyclic) bond motifs is 2. The fourth-order valence-corrected chi connectivity index (χ4v) is 5.19. The van der Waals surface area contributed by atoms with Gasteiger partial charge < -0.3 is 14.6 Å². The first-order chi connectivity index (χ1) is 13.3. The van der Waals surface area contributed by atoms with Crippen LogP contribution in [0.4, 0.5) is 0 Å². The number of amides is 1. The lowest BCUT2D eigenvalue weighted by atomic mass is 10.1. The average Bonchev–Trinajstić information content (AvgIpc) is 3.39. The van der Waals surface area contributed by atoms with E-state index in [4.69, 9.17) is 9.40 Å². The summed E-state index contributed by atoms with van der Waals surface area (Å²) in [4.78, 5) is 21.3. The van der Waals surface area contributed by atoms with E-state index in [-0.39, 0.29) is 36.8 Å². The molecule has 3 aromatic rings. The predicted molar refractivity (Wildman–Crippen MR) is 120 cm³/mol. The molecule has 8 heteroatoms. The lowest BCUT2D eigenvalue weighted by molar-refractivity contribution is 0.0686. The van der Waals surface area contributed by atoms with E-state index >= 15 is 0 Å². The molecular weight excluding hydrogens is 429 g/mol. The van der Waals surface area contributed by atoms with Gasteiger partial charge in [-0.2, -0.15) is 0 Å². The van der Waals surface area contributed by atoms with Crippen LogP contribution < -0.4 is 5.32 Å². The van der Waals surface area contributed by atoms with Gasteiger partial charge in [0, 0.05) is 24.2 Å². The van der Waals surface area contributed by atoms with E-state index in [9.17, 15) is 4.79 Å². The molecule has 29 heavy (non-hydrogen) atoms. The molecule has 1 amide bonds. The molecule has 5 rings (SSSR count). The molecule has 0 saturated carbocycles. The molecule has 2 atom stereocenters. The first kappa shape index (κ1) is 21.8. The van der Waals surface area contributed by atoms with Crippen molar-refractivity contribution in [3.8, 4) is 22.0 Å². The maximum atomic E-state index is 13.6. The standard InChI is InChI=1S/C21H21N3O2S.2ClH/c25-21(24-15-8-9-16(24)13-22-11-10-15)19-18(14-5-2-1-3-6-14)23-20(27-19)17-7-4-12-26-17;;/h1-7,12,15-16,22H,8-11,13H2;2*1H. The summed E-state index contributed by atoms with van der Waals surface area (Å²) in [6.45, 7) is 1.86. The van der Waals surface area contributed by atoms with Gasteiger partial charge in [0.05, 0.1) is 12.0 Å². The fourth-order valence-electron chi connectivity index (χ4n) is 4.19. The summed E-state index contributed by atoms with van der Waals surface area (Å²) < 4.78 is 5.54. The van der Waals surface area contributed by atoms with E-state index in [0.29, 0.717) is 16.7 Å². The summed E-state index contributed by atoms with van der Waals surface area (Å²) in [5.74, 6) is 0.817. The number of rotatable bonds is 3. The molecule has 2 aliphatic heterocycles. The number of hydrogen-bond acceptors (Lipinski definition) is 5. The van der Waals surface area contributed by atoms with Crippen molar-refractivity contribution < 1.29 is 9.21 Å². The smallest absolute Gasteiger partial charge is 0.266 e. The highest BCUT2D eigenvalue weighted by Gasteiger charge is 2.40. The van der Waals surface area contributed by atoms with Gasteiger partial charge in [-0.15, -0.1) is 36.2 Å². The zero-order valence-electron chi connectivity index (χ0n) is 15.7. The second-order valence-corrected chi connectivity index (χ2v) is 8.13. The molecule has 154 valence electrons. The van der Waals surface area contributed by atoms with Crippen LogP contribution in [0, 0.1) is 0 Å². The van der Waals surface area contributed by atoms with Crippen molar-refractivity contribution in [1.29, 1.82) is 0 Å². The molecule has 2 aromatic heterocycles. The van der Waals surface area contributed by atoms with Crippen molar-refractivity contribution in [2.24, 2.45) is 0 Å². The summed E-state index contributed by atoms with van der Waals surface area (Å²) in [5, 5.41) is 4.22. The van der Waals surface area contributed by atoms with E-state index in [1.165, 1.54) is 11.3 Å². The molecule has 1 aromatic carbocycles. The van der Waals surface area contributed by atoms with Gasteiger partial charge in [0.15, 0.2) is 10.8 Å². The number of benzene rings is 1. The Balaban J connectivity index is 0.00000120. The number of aromatic nitrogens is 1. The predicted octanol–water partition coefficient (Wildman–Crippen LogP) is 4.88. The third-order valence-corrected chi connectivity index (χ3v) is 6.55.